The number of rotatable bonds is 3. The molecule has 0 spiro atoms. The summed E-state index contributed by atoms with van der Waals surface area (Å²) in [4.78, 5) is 26.5. The molecule has 22 heavy (non-hydrogen) atoms. The number of imide groups is 1. The Hall–Kier alpha value is -2.28. The Bertz CT molecular complexity index is 748. The van der Waals surface area contributed by atoms with Gasteiger partial charge in [-0.1, -0.05) is 6.07 Å². The van der Waals surface area contributed by atoms with Crippen molar-refractivity contribution in [3.63, 3.8) is 0 Å². The SMILES string of the molecule is CC1(c2cc(F)ccc2F)NC(=O)N(Cc2cccs2)C1=O. The molecule has 0 bridgehead atoms. The molecule has 7 heteroatoms. The molecule has 3 amide bonds. The van der Waals surface area contributed by atoms with Crippen LogP contribution in [0.5, 0.6) is 0 Å². The minimum atomic E-state index is -1.61. The highest BCUT2D eigenvalue weighted by molar-refractivity contribution is 7.09. The van der Waals surface area contributed by atoms with Gasteiger partial charge in [-0.3, -0.25) is 9.69 Å². The summed E-state index contributed by atoms with van der Waals surface area (Å²) in [5.74, 6) is -2.01. The average molecular weight is 322 g/mol. The van der Waals surface area contributed by atoms with Gasteiger partial charge in [-0.25, -0.2) is 13.6 Å². The fraction of sp³-hybridized carbons (Fsp3) is 0.200. The van der Waals surface area contributed by atoms with E-state index >= 15 is 0 Å². The van der Waals surface area contributed by atoms with Gasteiger partial charge in [0.05, 0.1) is 6.54 Å². The maximum atomic E-state index is 14.0. The minimum Gasteiger partial charge on any atom is -0.319 e. The van der Waals surface area contributed by atoms with Crippen LogP contribution in [0.3, 0.4) is 0 Å². The molecule has 1 atom stereocenters. The number of benzene rings is 1. The largest absolute Gasteiger partial charge is 0.325 e. The molecule has 2 aromatic rings. The van der Waals surface area contributed by atoms with Gasteiger partial charge in [0.15, 0.2) is 0 Å². The highest BCUT2D eigenvalue weighted by Gasteiger charge is 2.50. The van der Waals surface area contributed by atoms with Gasteiger partial charge in [-0.15, -0.1) is 11.3 Å². The van der Waals surface area contributed by atoms with E-state index in [2.05, 4.69) is 5.32 Å². The summed E-state index contributed by atoms with van der Waals surface area (Å²) in [5, 5.41) is 4.29. The van der Waals surface area contributed by atoms with Crippen LogP contribution in [0.25, 0.3) is 0 Å². The number of hydrogen-bond acceptors (Lipinski definition) is 3. The summed E-state index contributed by atoms with van der Waals surface area (Å²) < 4.78 is 27.4. The molecule has 114 valence electrons. The molecule has 0 radical (unpaired) electrons. The quantitative estimate of drug-likeness (QED) is 0.883. The van der Waals surface area contributed by atoms with Crippen molar-refractivity contribution in [3.8, 4) is 0 Å². The van der Waals surface area contributed by atoms with E-state index in [-0.39, 0.29) is 12.1 Å². The molecule has 2 heterocycles. The second-order valence-corrected chi connectivity index (χ2v) is 6.18. The van der Waals surface area contributed by atoms with Crippen LogP contribution < -0.4 is 5.32 Å². The Morgan fingerprint density at radius 2 is 2.05 bits per heavy atom. The zero-order valence-electron chi connectivity index (χ0n) is 11.6. The first kappa shape index (κ1) is 14.6. The standard InChI is InChI=1S/C15H12F2N2O2S/c1-15(11-7-9(16)4-5-12(11)17)13(20)19(14(21)18-15)8-10-3-2-6-22-10/h2-7H,8H2,1H3,(H,18,21). The molecule has 1 saturated heterocycles. The third-order valence-electron chi connectivity index (χ3n) is 3.64. The molecule has 1 aromatic heterocycles. The Labute approximate surface area is 129 Å². The van der Waals surface area contributed by atoms with Gasteiger partial charge in [0.1, 0.15) is 17.2 Å². The van der Waals surface area contributed by atoms with Crippen LogP contribution in [0.4, 0.5) is 13.6 Å². The van der Waals surface area contributed by atoms with E-state index in [1.54, 1.807) is 6.07 Å². The third-order valence-corrected chi connectivity index (χ3v) is 4.50. The second kappa shape index (κ2) is 5.17. The Balaban J connectivity index is 1.97. The normalized spacial score (nSPS) is 21.3. The van der Waals surface area contributed by atoms with E-state index in [4.69, 9.17) is 0 Å². The third kappa shape index (κ3) is 2.27. The monoisotopic (exact) mass is 322 g/mol. The molecule has 1 fully saturated rings. The molecule has 1 unspecified atom stereocenters. The fourth-order valence-corrected chi connectivity index (χ4v) is 3.15. The molecule has 1 aliphatic heterocycles. The first-order chi connectivity index (χ1) is 10.4. The maximum absolute atomic E-state index is 14.0. The first-order valence-electron chi connectivity index (χ1n) is 6.54. The van der Waals surface area contributed by atoms with Crippen LogP contribution in [0.2, 0.25) is 0 Å². The summed E-state index contributed by atoms with van der Waals surface area (Å²) >= 11 is 1.41. The van der Waals surface area contributed by atoms with Gasteiger partial charge in [0.25, 0.3) is 5.91 Å². The van der Waals surface area contributed by atoms with Gasteiger partial charge in [0.2, 0.25) is 0 Å². The van der Waals surface area contributed by atoms with Gasteiger partial charge < -0.3 is 5.32 Å². The Kier molecular flexibility index (Phi) is 3.44. The van der Waals surface area contributed by atoms with E-state index in [1.807, 2.05) is 11.4 Å². The lowest BCUT2D eigenvalue weighted by Crippen LogP contribution is -2.41. The summed E-state index contributed by atoms with van der Waals surface area (Å²) in [7, 11) is 0. The van der Waals surface area contributed by atoms with Crippen LogP contribution in [0, 0.1) is 11.6 Å². The van der Waals surface area contributed by atoms with Crippen LogP contribution in [0.15, 0.2) is 35.7 Å². The molecule has 1 aliphatic rings. The molecule has 1 N–H and O–H groups in total. The van der Waals surface area contributed by atoms with Gasteiger partial charge >= 0.3 is 6.03 Å². The molecule has 3 rings (SSSR count). The summed E-state index contributed by atoms with van der Waals surface area (Å²) in [6.45, 7) is 1.48. The summed E-state index contributed by atoms with van der Waals surface area (Å²) in [5.41, 5.74) is -1.79. The minimum absolute atomic E-state index is 0.106. The van der Waals surface area contributed by atoms with Gasteiger partial charge in [-0.05, 0) is 36.6 Å². The number of hydrogen-bond donors (Lipinski definition) is 1. The molecular formula is C15H12F2N2O2S. The van der Waals surface area contributed by atoms with E-state index in [0.29, 0.717) is 0 Å². The highest BCUT2D eigenvalue weighted by atomic mass is 32.1. The molecule has 1 aromatic carbocycles. The number of carbonyl (C=O) groups is 2. The van der Waals surface area contributed by atoms with Crippen LogP contribution >= 0.6 is 11.3 Å². The summed E-state index contributed by atoms with van der Waals surface area (Å²) in [6, 6.07) is 5.82. The lowest BCUT2D eigenvalue weighted by molar-refractivity contribution is -0.131. The molecule has 4 nitrogen and oxygen atoms in total. The number of urea groups is 1. The lowest BCUT2D eigenvalue weighted by Gasteiger charge is -2.22. The second-order valence-electron chi connectivity index (χ2n) is 5.15. The number of nitrogens with zero attached hydrogens (tertiary/aromatic N) is 1. The molecular weight excluding hydrogens is 310 g/mol. The predicted molar refractivity (Wildman–Crippen MR) is 77.1 cm³/mol. The zero-order chi connectivity index (χ0) is 15.9. The average Bonchev–Trinajstić information content (AvgIpc) is 3.05. The number of carbonyl (C=O) groups excluding carboxylic acids is 2. The zero-order valence-corrected chi connectivity index (χ0v) is 12.4. The Morgan fingerprint density at radius 3 is 2.73 bits per heavy atom. The van der Waals surface area contributed by atoms with E-state index in [0.717, 1.165) is 28.0 Å². The predicted octanol–water partition coefficient (Wildman–Crippen LogP) is 2.99. The van der Waals surface area contributed by atoms with E-state index < -0.39 is 29.1 Å². The van der Waals surface area contributed by atoms with E-state index in [1.165, 1.54) is 18.3 Å². The number of halogens is 2. The van der Waals surface area contributed by atoms with Crippen LogP contribution in [-0.4, -0.2) is 16.8 Å². The maximum Gasteiger partial charge on any atom is 0.325 e. The smallest absolute Gasteiger partial charge is 0.319 e. The van der Waals surface area contributed by atoms with Gasteiger partial charge in [-0.2, -0.15) is 0 Å². The topological polar surface area (TPSA) is 49.4 Å². The van der Waals surface area contributed by atoms with Crippen molar-refractivity contribution in [2.75, 3.05) is 0 Å². The summed E-state index contributed by atoms with van der Waals surface area (Å²) in [6.07, 6.45) is 0. The lowest BCUT2D eigenvalue weighted by atomic mass is 9.91. The molecule has 0 aliphatic carbocycles. The van der Waals surface area contributed by atoms with Crippen molar-refractivity contribution in [2.45, 2.75) is 19.0 Å². The number of nitrogens with one attached hydrogen (secondary N) is 1. The highest BCUT2D eigenvalue weighted by Crippen LogP contribution is 2.32. The first-order valence-corrected chi connectivity index (χ1v) is 7.42. The van der Waals surface area contributed by atoms with Crippen LogP contribution in [-0.2, 0) is 16.9 Å². The van der Waals surface area contributed by atoms with Crippen molar-refractivity contribution < 1.29 is 18.4 Å². The van der Waals surface area contributed by atoms with Crippen molar-refractivity contribution in [2.24, 2.45) is 0 Å². The van der Waals surface area contributed by atoms with Crippen LogP contribution in [0.1, 0.15) is 17.4 Å². The van der Waals surface area contributed by atoms with Crippen molar-refractivity contribution in [1.29, 1.82) is 0 Å². The van der Waals surface area contributed by atoms with Crippen molar-refractivity contribution in [3.05, 3.63) is 57.8 Å². The van der Waals surface area contributed by atoms with E-state index in [9.17, 15) is 18.4 Å². The molecule has 0 saturated carbocycles. The van der Waals surface area contributed by atoms with Gasteiger partial charge in [0, 0.05) is 10.4 Å². The number of amides is 3. The van der Waals surface area contributed by atoms with Crippen molar-refractivity contribution >= 4 is 23.3 Å². The van der Waals surface area contributed by atoms with Crippen molar-refractivity contribution in [1.82, 2.24) is 10.2 Å². The fourth-order valence-electron chi connectivity index (χ4n) is 2.46. The Morgan fingerprint density at radius 1 is 1.27 bits per heavy atom. The number of thiophene rings is 1.